The van der Waals surface area contributed by atoms with E-state index in [1.54, 1.807) is 6.21 Å². The van der Waals surface area contributed by atoms with Gasteiger partial charge in [-0.2, -0.15) is 5.10 Å². The largest absolute Gasteiger partial charge is 0.373 e. The standard InChI is InChI=1S/C21H27N3O/c1-16-13-18(8-7-17-5-6-17)9-10-19(16)20(24-22)14-23-15-21(2)11-3-4-12-25-21/h9-10,13-14,17H,3-6,11-12,15,22H2,1-2H3/b23-14?,24-20+. The number of aliphatic imine (C=N–C) groups is 1. The lowest BCUT2D eigenvalue weighted by Gasteiger charge is -2.32. The molecule has 1 heterocycles. The predicted molar refractivity (Wildman–Crippen MR) is 103 cm³/mol. The van der Waals surface area contributed by atoms with Gasteiger partial charge in [-0.25, -0.2) is 0 Å². The van der Waals surface area contributed by atoms with Crippen molar-refractivity contribution in [3.8, 4) is 11.8 Å². The van der Waals surface area contributed by atoms with E-state index in [-0.39, 0.29) is 5.60 Å². The van der Waals surface area contributed by atoms with Crippen molar-refractivity contribution in [2.45, 2.75) is 51.6 Å². The van der Waals surface area contributed by atoms with Crippen LogP contribution in [0.1, 0.15) is 55.7 Å². The lowest BCUT2D eigenvalue weighted by molar-refractivity contribution is -0.0574. The van der Waals surface area contributed by atoms with Crippen molar-refractivity contribution in [2.24, 2.45) is 21.9 Å². The van der Waals surface area contributed by atoms with E-state index in [1.165, 1.54) is 19.3 Å². The van der Waals surface area contributed by atoms with Crippen LogP contribution in [0, 0.1) is 24.7 Å². The van der Waals surface area contributed by atoms with Crippen LogP contribution >= 0.6 is 0 Å². The highest BCUT2D eigenvalue weighted by Gasteiger charge is 2.27. The van der Waals surface area contributed by atoms with Gasteiger partial charge in [0.05, 0.1) is 12.1 Å². The molecule has 132 valence electrons. The molecule has 25 heavy (non-hydrogen) atoms. The number of hydrogen-bond acceptors (Lipinski definition) is 4. The average Bonchev–Trinajstić information content (AvgIpc) is 3.43. The Morgan fingerprint density at radius 2 is 2.24 bits per heavy atom. The zero-order valence-electron chi connectivity index (χ0n) is 15.2. The number of benzene rings is 1. The summed E-state index contributed by atoms with van der Waals surface area (Å²) in [5, 5.41) is 3.93. The first-order chi connectivity index (χ1) is 12.1. The van der Waals surface area contributed by atoms with Crippen molar-refractivity contribution >= 4 is 11.9 Å². The summed E-state index contributed by atoms with van der Waals surface area (Å²) in [7, 11) is 0. The Balaban J connectivity index is 1.68. The second kappa shape index (κ2) is 7.84. The Morgan fingerprint density at radius 3 is 2.88 bits per heavy atom. The highest BCUT2D eigenvalue weighted by Crippen LogP contribution is 2.27. The van der Waals surface area contributed by atoms with Crippen molar-refractivity contribution in [1.82, 2.24) is 0 Å². The van der Waals surface area contributed by atoms with E-state index in [0.717, 1.165) is 36.1 Å². The van der Waals surface area contributed by atoms with Crippen molar-refractivity contribution in [3.63, 3.8) is 0 Å². The zero-order valence-corrected chi connectivity index (χ0v) is 15.2. The van der Waals surface area contributed by atoms with Crippen LogP contribution in [0.2, 0.25) is 0 Å². The summed E-state index contributed by atoms with van der Waals surface area (Å²) in [5.41, 5.74) is 3.69. The van der Waals surface area contributed by atoms with Crippen LogP contribution in [0.5, 0.6) is 0 Å². The van der Waals surface area contributed by atoms with Gasteiger partial charge in [0.1, 0.15) is 5.71 Å². The molecule has 2 fully saturated rings. The number of hydrazone groups is 1. The summed E-state index contributed by atoms with van der Waals surface area (Å²) in [6, 6.07) is 6.15. The van der Waals surface area contributed by atoms with Crippen LogP contribution in [0.25, 0.3) is 0 Å². The third-order valence-electron chi connectivity index (χ3n) is 4.83. The van der Waals surface area contributed by atoms with Gasteiger partial charge in [-0.05, 0) is 63.6 Å². The molecule has 3 rings (SSSR count). The quantitative estimate of drug-likeness (QED) is 0.396. The van der Waals surface area contributed by atoms with Gasteiger partial charge in [0.25, 0.3) is 0 Å². The summed E-state index contributed by atoms with van der Waals surface area (Å²) in [6.45, 7) is 5.64. The number of ether oxygens (including phenoxy) is 1. The third kappa shape index (κ3) is 4.93. The molecule has 0 spiro atoms. The summed E-state index contributed by atoms with van der Waals surface area (Å²) in [4.78, 5) is 4.56. The van der Waals surface area contributed by atoms with E-state index < -0.39 is 0 Å². The van der Waals surface area contributed by atoms with E-state index in [0.29, 0.717) is 18.2 Å². The Kier molecular flexibility index (Phi) is 5.55. The van der Waals surface area contributed by atoms with Crippen molar-refractivity contribution < 1.29 is 4.74 Å². The SMILES string of the molecule is Cc1cc(C#CC2CC2)ccc1/C(C=NCC1(C)CCCCO1)=N/N. The summed E-state index contributed by atoms with van der Waals surface area (Å²) in [5.74, 6) is 12.8. The van der Waals surface area contributed by atoms with E-state index in [2.05, 4.69) is 41.8 Å². The highest BCUT2D eigenvalue weighted by molar-refractivity contribution is 6.38. The molecule has 2 N–H and O–H groups in total. The molecular formula is C21H27N3O. The van der Waals surface area contributed by atoms with Crippen LogP contribution in [-0.4, -0.2) is 30.7 Å². The predicted octanol–water partition coefficient (Wildman–Crippen LogP) is 3.45. The molecule has 4 heteroatoms. The number of rotatable bonds is 4. The fraction of sp³-hybridized carbons (Fsp3) is 0.524. The van der Waals surface area contributed by atoms with Crippen LogP contribution < -0.4 is 5.84 Å². The van der Waals surface area contributed by atoms with Gasteiger partial charge in [-0.15, -0.1) is 0 Å². The molecule has 1 aliphatic carbocycles. The molecule has 0 bridgehead atoms. The topological polar surface area (TPSA) is 60.0 Å². The maximum Gasteiger partial charge on any atom is 0.108 e. The number of hydrogen-bond donors (Lipinski definition) is 1. The molecule has 2 aliphatic rings. The lowest BCUT2D eigenvalue weighted by atomic mass is 9.96. The molecule has 1 aromatic rings. The molecule has 0 radical (unpaired) electrons. The van der Waals surface area contributed by atoms with Crippen molar-refractivity contribution in [1.29, 1.82) is 0 Å². The Labute approximate surface area is 150 Å². The molecule has 1 saturated heterocycles. The molecule has 1 aliphatic heterocycles. The maximum atomic E-state index is 5.88. The molecular weight excluding hydrogens is 310 g/mol. The van der Waals surface area contributed by atoms with Crippen molar-refractivity contribution in [2.75, 3.05) is 13.2 Å². The van der Waals surface area contributed by atoms with E-state index in [9.17, 15) is 0 Å². The van der Waals surface area contributed by atoms with E-state index in [4.69, 9.17) is 10.6 Å². The van der Waals surface area contributed by atoms with Gasteiger partial charge in [-0.3, -0.25) is 4.99 Å². The third-order valence-corrected chi connectivity index (χ3v) is 4.83. The first kappa shape index (κ1) is 17.7. The number of aryl methyl sites for hydroxylation is 1. The Bertz CT molecular complexity index is 729. The number of nitrogens with two attached hydrogens (primary N) is 1. The van der Waals surface area contributed by atoms with E-state index >= 15 is 0 Å². The fourth-order valence-electron chi connectivity index (χ4n) is 3.06. The first-order valence-corrected chi connectivity index (χ1v) is 9.14. The van der Waals surface area contributed by atoms with Gasteiger partial charge in [0, 0.05) is 29.9 Å². The monoisotopic (exact) mass is 337 g/mol. The highest BCUT2D eigenvalue weighted by atomic mass is 16.5. The molecule has 1 atom stereocenters. The van der Waals surface area contributed by atoms with Crippen LogP contribution in [-0.2, 0) is 4.74 Å². The Morgan fingerprint density at radius 1 is 1.40 bits per heavy atom. The minimum absolute atomic E-state index is 0.161. The minimum Gasteiger partial charge on any atom is -0.373 e. The molecule has 0 aromatic heterocycles. The molecule has 1 saturated carbocycles. The molecule has 1 unspecified atom stereocenters. The Hall–Kier alpha value is -2.12. The smallest absolute Gasteiger partial charge is 0.108 e. The first-order valence-electron chi connectivity index (χ1n) is 9.14. The zero-order chi connectivity index (χ0) is 17.7. The fourth-order valence-corrected chi connectivity index (χ4v) is 3.06. The van der Waals surface area contributed by atoms with Crippen LogP contribution in [0.3, 0.4) is 0 Å². The maximum absolute atomic E-state index is 5.88. The summed E-state index contributed by atoms with van der Waals surface area (Å²) in [6.07, 6.45) is 7.64. The normalized spacial score (nSPS) is 24.2. The van der Waals surface area contributed by atoms with Crippen molar-refractivity contribution in [3.05, 3.63) is 34.9 Å². The van der Waals surface area contributed by atoms with Crippen LogP contribution in [0.4, 0.5) is 0 Å². The van der Waals surface area contributed by atoms with Crippen LogP contribution in [0.15, 0.2) is 28.3 Å². The number of nitrogens with zero attached hydrogens (tertiary/aromatic N) is 2. The van der Waals surface area contributed by atoms with Gasteiger partial charge < -0.3 is 10.6 Å². The van der Waals surface area contributed by atoms with Gasteiger partial charge in [0.2, 0.25) is 0 Å². The molecule has 0 amide bonds. The second-order valence-electron chi connectivity index (χ2n) is 7.31. The molecule has 4 nitrogen and oxygen atoms in total. The van der Waals surface area contributed by atoms with E-state index in [1.807, 2.05) is 12.1 Å². The van der Waals surface area contributed by atoms with Gasteiger partial charge in [0.15, 0.2) is 0 Å². The van der Waals surface area contributed by atoms with Gasteiger partial charge in [-0.1, -0.05) is 17.9 Å². The summed E-state index contributed by atoms with van der Waals surface area (Å²) < 4.78 is 5.88. The lowest BCUT2D eigenvalue weighted by Crippen LogP contribution is -2.36. The summed E-state index contributed by atoms with van der Waals surface area (Å²) >= 11 is 0. The average molecular weight is 337 g/mol. The second-order valence-corrected chi connectivity index (χ2v) is 7.31. The molecule has 1 aromatic carbocycles. The minimum atomic E-state index is -0.161. The van der Waals surface area contributed by atoms with Gasteiger partial charge >= 0.3 is 0 Å².